The van der Waals surface area contributed by atoms with Crippen LogP contribution >= 0.6 is 0 Å². The summed E-state index contributed by atoms with van der Waals surface area (Å²) in [6, 6.07) is 9.56. The molecule has 0 bridgehead atoms. The molecule has 2 heterocycles. The van der Waals surface area contributed by atoms with Crippen molar-refractivity contribution in [1.82, 2.24) is 30.7 Å². The number of anilines is 1. The molecule has 29 heavy (non-hydrogen) atoms. The average Bonchev–Trinajstić information content (AvgIpc) is 3.36. The third-order valence-electron chi connectivity index (χ3n) is 4.61. The summed E-state index contributed by atoms with van der Waals surface area (Å²) in [7, 11) is 0. The fourth-order valence-corrected chi connectivity index (χ4v) is 2.81. The highest BCUT2D eigenvalue weighted by Crippen LogP contribution is 2.15. The van der Waals surface area contributed by atoms with Gasteiger partial charge in [-0.15, -0.1) is 5.10 Å². The molecule has 0 spiro atoms. The molecule has 0 saturated carbocycles. The number of amides is 1. The first-order chi connectivity index (χ1) is 14.0. The minimum absolute atomic E-state index is 0.0654. The number of nitrogens with two attached hydrogens (primary N) is 1. The van der Waals surface area contributed by atoms with Gasteiger partial charge >= 0.3 is 0 Å². The van der Waals surface area contributed by atoms with Crippen LogP contribution in [0.15, 0.2) is 40.1 Å². The van der Waals surface area contributed by atoms with E-state index in [2.05, 4.69) is 49.6 Å². The molecule has 152 valence electrons. The Balaban J connectivity index is 1.90. The second-order valence-corrected chi connectivity index (χ2v) is 6.41. The summed E-state index contributed by atoms with van der Waals surface area (Å²) in [6.07, 6.45) is 0. The van der Waals surface area contributed by atoms with Crippen molar-refractivity contribution in [3.05, 3.63) is 47.3 Å². The highest BCUT2D eigenvalue weighted by atomic mass is 16.6. The summed E-state index contributed by atoms with van der Waals surface area (Å²) in [5.74, 6) is -0.208. The highest BCUT2D eigenvalue weighted by molar-refractivity contribution is 6.00. The van der Waals surface area contributed by atoms with E-state index in [9.17, 15) is 4.79 Å². The van der Waals surface area contributed by atoms with Crippen LogP contribution in [-0.4, -0.2) is 50.0 Å². The van der Waals surface area contributed by atoms with Gasteiger partial charge in [-0.1, -0.05) is 35.5 Å². The zero-order valence-electron chi connectivity index (χ0n) is 16.6. The molecular formula is C18H24N9O2+. The maximum absolute atomic E-state index is 12.8. The lowest BCUT2D eigenvalue weighted by molar-refractivity contribution is -0.910. The van der Waals surface area contributed by atoms with Gasteiger partial charge < -0.3 is 10.6 Å². The molecule has 0 atom stereocenters. The molecule has 0 fully saturated rings. The molecule has 1 aromatic carbocycles. The Morgan fingerprint density at radius 3 is 2.59 bits per heavy atom. The SMILES string of the molecule is CC[NH+](CC)Cc1c(C(=O)N/N=C(/C)c2ccccc2)nnn1-c1nonc1N. The van der Waals surface area contributed by atoms with Crippen molar-refractivity contribution in [2.24, 2.45) is 5.10 Å². The van der Waals surface area contributed by atoms with E-state index in [1.165, 1.54) is 9.58 Å². The van der Waals surface area contributed by atoms with Gasteiger partial charge in [0.25, 0.3) is 5.91 Å². The minimum atomic E-state index is -0.469. The number of benzene rings is 1. The number of hydrogen-bond donors (Lipinski definition) is 3. The van der Waals surface area contributed by atoms with E-state index < -0.39 is 5.91 Å². The van der Waals surface area contributed by atoms with Crippen LogP contribution in [0.2, 0.25) is 0 Å². The minimum Gasteiger partial charge on any atom is -0.378 e. The van der Waals surface area contributed by atoms with E-state index in [-0.39, 0.29) is 17.3 Å². The lowest BCUT2D eigenvalue weighted by Gasteiger charge is -2.15. The quantitative estimate of drug-likeness (QED) is 0.353. The second kappa shape index (κ2) is 9.06. The van der Waals surface area contributed by atoms with Crippen LogP contribution in [0, 0.1) is 0 Å². The largest absolute Gasteiger partial charge is 0.378 e. The molecule has 3 rings (SSSR count). The molecule has 3 aromatic rings. The fourth-order valence-electron chi connectivity index (χ4n) is 2.81. The zero-order chi connectivity index (χ0) is 20.8. The summed E-state index contributed by atoms with van der Waals surface area (Å²) in [5.41, 5.74) is 10.6. The molecule has 11 heteroatoms. The predicted molar refractivity (Wildman–Crippen MR) is 105 cm³/mol. The predicted octanol–water partition coefficient (Wildman–Crippen LogP) is -0.189. The lowest BCUT2D eigenvalue weighted by atomic mass is 10.1. The maximum Gasteiger partial charge on any atom is 0.294 e. The van der Waals surface area contributed by atoms with Crippen LogP contribution in [0.1, 0.15) is 42.5 Å². The monoisotopic (exact) mass is 398 g/mol. The third-order valence-corrected chi connectivity index (χ3v) is 4.61. The van der Waals surface area contributed by atoms with Crippen LogP contribution in [-0.2, 0) is 6.54 Å². The Morgan fingerprint density at radius 2 is 1.97 bits per heavy atom. The van der Waals surface area contributed by atoms with E-state index in [4.69, 9.17) is 5.73 Å². The number of carbonyl (C=O) groups is 1. The highest BCUT2D eigenvalue weighted by Gasteiger charge is 2.26. The van der Waals surface area contributed by atoms with Gasteiger partial charge in [-0.25, -0.2) is 10.1 Å². The van der Waals surface area contributed by atoms with Crippen molar-refractivity contribution < 1.29 is 14.3 Å². The number of quaternary nitrogens is 1. The first-order valence-corrected chi connectivity index (χ1v) is 9.31. The number of nitrogens with one attached hydrogen (secondary N) is 2. The standard InChI is InChI=1S/C18H23N9O2/c1-4-26(5-2)11-14-15(21-25-27(14)17-16(19)23-29-24-17)18(28)22-20-12(3)13-9-7-6-8-10-13/h6-10H,4-5,11H2,1-3H3,(H2,19,23)(H,22,28)/p+1/b20-12-. The Labute approximate surface area is 167 Å². The van der Waals surface area contributed by atoms with E-state index in [0.717, 1.165) is 18.7 Å². The third kappa shape index (κ3) is 4.46. The Hall–Kier alpha value is -3.60. The summed E-state index contributed by atoms with van der Waals surface area (Å²) in [6.45, 7) is 8.16. The van der Waals surface area contributed by atoms with Crippen LogP contribution in [0.4, 0.5) is 5.82 Å². The molecule has 11 nitrogen and oxygen atoms in total. The van der Waals surface area contributed by atoms with E-state index >= 15 is 0 Å². The van der Waals surface area contributed by atoms with Gasteiger partial charge in [0.15, 0.2) is 5.69 Å². The van der Waals surface area contributed by atoms with E-state index in [0.29, 0.717) is 18.0 Å². The summed E-state index contributed by atoms with van der Waals surface area (Å²) >= 11 is 0. The number of aromatic nitrogens is 5. The average molecular weight is 398 g/mol. The van der Waals surface area contributed by atoms with Gasteiger partial charge in [-0.2, -0.15) is 9.78 Å². The van der Waals surface area contributed by atoms with Gasteiger partial charge in [0.2, 0.25) is 11.6 Å². The van der Waals surface area contributed by atoms with Gasteiger partial charge in [0.1, 0.15) is 12.2 Å². The topological polar surface area (TPSA) is 142 Å². The molecule has 0 aliphatic carbocycles. The normalized spacial score (nSPS) is 11.8. The molecule has 2 aromatic heterocycles. The van der Waals surface area contributed by atoms with Crippen molar-refractivity contribution in [1.29, 1.82) is 0 Å². The summed E-state index contributed by atoms with van der Waals surface area (Å²) in [5, 5.41) is 19.6. The molecule has 4 N–H and O–H groups in total. The second-order valence-electron chi connectivity index (χ2n) is 6.41. The van der Waals surface area contributed by atoms with Crippen LogP contribution in [0.3, 0.4) is 0 Å². The molecule has 0 unspecified atom stereocenters. The van der Waals surface area contributed by atoms with E-state index in [1.54, 1.807) is 0 Å². The Morgan fingerprint density at radius 1 is 1.24 bits per heavy atom. The molecule has 0 radical (unpaired) electrons. The lowest BCUT2D eigenvalue weighted by Crippen LogP contribution is -3.10. The molecule has 1 amide bonds. The van der Waals surface area contributed by atoms with Gasteiger partial charge in [0, 0.05) is 0 Å². The number of hydrazone groups is 1. The van der Waals surface area contributed by atoms with Crippen LogP contribution in [0.5, 0.6) is 0 Å². The van der Waals surface area contributed by atoms with Crippen LogP contribution < -0.4 is 16.1 Å². The fraction of sp³-hybridized carbons (Fsp3) is 0.333. The summed E-state index contributed by atoms with van der Waals surface area (Å²) < 4.78 is 6.06. The van der Waals surface area contributed by atoms with Crippen LogP contribution in [0.25, 0.3) is 5.82 Å². The molecule has 0 aliphatic rings. The van der Waals surface area contributed by atoms with Crippen molar-refractivity contribution >= 4 is 17.4 Å². The van der Waals surface area contributed by atoms with Gasteiger partial charge in [0.05, 0.1) is 18.8 Å². The molecule has 0 saturated heterocycles. The van der Waals surface area contributed by atoms with Gasteiger partial charge in [-0.3, -0.25) is 4.79 Å². The molecule has 0 aliphatic heterocycles. The first-order valence-electron chi connectivity index (χ1n) is 9.31. The van der Waals surface area contributed by atoms with Gasteiger partial charge in [-0.05, 0) is 36.6 Å². The smallest absolute Gasteiger partial charge is 0.294 e. The summed E-state index contributed by atoms with van der Waals surface area (Å²) in [4.78, 5) is 14.0. The van der Waals surface area contributed by atoms with E-state index in [1.807, 2.05) is 37.3 Å². The maximum atomic E-state index is 12.8. The number of nitrogen functional groups attached to an aromatic ring is 1. The first kappa shape index (κ1) is 20.1. The zero-order valence-corrected chi connectivity index (χ0v) is 16.6. The Bertz CT molecular complexity index is 990. The number of hydrogen-bond acceptors (Lipinski definition) is 8. The van der Waals surface area contributed by atoms with Crippen molar-refractivity contribution in [2.75, 3.05) is 18.8 Å². The molecular weight excluding hydrogens is 374 g/mol. The number of rotatable bonds is 8. The number of nitrogens with zero attached hydrogens (tertiary/aromatic N) is 6. The van der Waals surface area contributed by atoms with Crippen molar-refractivity contribution in [3.63, 3.8) is 0 Å². The Kier molecular flexibility index (Phi) is 6.29. The van der Waals surface area contributed by atoms with Crippen molar-refractivity contribution in [2.45, 2.75) is 27.3 Å². The van der Waals surface area contributed by atoms with Crippen molar-refractivity contribution in [3.8, 4) is 5.82 Å². The number of carbonyl (C=O) groups excluding carboxylic acids is 1.